The Morgan fingerprint density at radius 2 is 1.86 bits per heavy atom. The summed E-state index contributed by atoms with van der Waals surface area (Å²) in [5.41, 5.74) is 0. The second-order valence-electron chi connectivity index (χ2n) is 4.94. The average molecular weight is 318 g/mol. The molecule has 1 aromatic rings. The van der Waals surface area contributed by atoms with E-state index in [9.17, 15) is 18.0 Å². The number of aliphatic carboxylic acids is 1. The molecule has 0 aliphatic heterocycles. The third-order valence-corrected chi connectivity index (χ3v) is 4.45. The molecule has 8 nitrogen and oxygen atoms in total. The van der Waals surface area contributed by atoms with Gasteiger partial charge in [0.1, 0.15) is 6.04 Å². The topological polar surface area (TPSA) is 117 Å². The molecule has 0 saturated carbocycles. The van der Waals surface area contributed by atoms with Crippen molar-refractivity contribution in [3.05, 3.63) is 17.9 Å². The van der Waals surface area contributed by atoms with Gasteiger partial charge in [-0.15, -0.1) is 0 Å². The van der Waals surface area contributed by atoms with Gasteiger partial charge in [0, 0.05) is 14.1 Å². The number of nitrogens with zero attached hydrogens (tertiary/aromatic N) is 1. The van der Waals surface area contributed by atoms with Crippen LogP contribution in [0.1, 0.15) is 24.4 Å². The molecule has 1 unspecified atom stereocenters. The van der Waals surface area contributed by atoms with Gasteiger partial charge in [0.2, 0.25) is 5.09 Å². The lowest BCUT2D eigenvalue weighted by Crippen LogP contribution is -2.44. The molecule has 0 aliphatic carbocycles. The highest BCUT2D eigenvalue weighted by Crippen LogP contribution is 2.17. The van der Waals surface area contributed by atoms with Gasteiger partial charge in [-0.3, -0.25) is 4.79 Å². The van der Waals surface area contributed by atoms with Crippen LogP contribution in [-0.2, 0) is 14.8 Å². The third-order valence-electron chi connectivity index (χ3n) is 2.76. The number of carbonyl (C=O) groups is 2. The van der Waals surface area contributed by atoms with Crippen molar-refractivity contribution in [1.82, 2.24) is 9.62 Å². The van der Waals surface area contributed by atoms with Crippen LogP contribution in [0.3, 0.4) is 0 Å². The molecule has 0 aliphatic rings. The molecule has 0 fully saturated rings. The van der Waals surface area contributed by atoms with Crippen LogP contribution in [0.15, 0.2) is 21.6 Å². The summed E-state index contributed by atoms with van der Waals surface area (Å²) >= 11 is 0. The van der Waals surface area contributed by atoms with Crippen LogP contribution < -0.4 is 5.32 Å². The van der Waals surface area contributed by atoms with E-state index in [1.165, 1.54) is 20.2 Å². The van der Waals surface area contributed by atoms with Crippen molar-refractivity contribution in [2.75, 3.05) is 14.1 Å². The Labute approximate surface area is 122 Å². The SMILES string of the molecule is CC(C)C(NC(=O)c1ccc(S(=O)(=O)N(C)C)o1)C(=O)O. The van der Waals surface area contributed by atoms with E-state index in [0.29, 0.717) is 0 Å². The molecule has 0 saturated heterocycles. The van der Waals surface area contributed by atoms with Crippen LogP contribution in [0.25, 0.3) is 0 Å². The molecule has 1 aromatic heterocycles. The Kier molecular flexibility index (Phi) is 5.13. The number of rotatable bonds is 6. The lowest BCUT2D eigenvalue weighted by atomic mass is 10.0. The molecule has 1 amide bonds. The molecule has 1 atom stereocenters. The van der Waals surface area contributed by atoms with E-state index in [-0.39, 0.29) is 16.8 Å². The van der Waals surface area contributed by atoms with Crippen LogP contribution in [0.5, 0.6) is 0 Å². The number of sulfonamides is 1. The Hall–Kier alpha value is -1.87. The minimum Gasteiger partial charge on any atom is -0.480 e. The summed E-state index contributed by atoms with van der Waals surface area (Å²) in [5, 5.41) is 10.9. The summed E-state index contributed by atoms with van der Waals surface area (Å²) in [6.45, 7) is 3.28. The Morgan fingerprint density at radius 3 is 2.29 bits per heavy atom. The van der Waals surface area contributed by atoms with Gasteiger partial charge in [0.25, 0.3) is 15.9 Å². The highest BCUT2D eigenvalue weighted by atomic mass is 32.2. The standard InChI is InChI=1S/C12H18N2O6S/c1-7(2)10(12(16)17)13-11(15)8-5-6-9(20-8)21(18,19)14(3)4/h5-7,10H,1-4H3,(H,13,15)(H,16,17). The Bertz CT molecular complexity index is 632. The summed E-state index contributed by atoms with van der Waals surface area (Å²) < 4.78 is 29.6. The first-order valence-corrected chi connectivity index (χ1v) is 7.57. The number of amides is 1. The van der Waals surface area contributed by atoms with Crippen LogP contribution in [-0.4, -0.2) is 49.8 Å². The smallest absolute Gasteiger partial charge is 0.326 e. The predicted octanol–water partition coefficient (Wildman–Crippen LogP) is 0.369. The van der Waals surface area contributed by atoms with Gasteiger partial charge in [0.15, 0.2) is 5.76 Å². The molecular formula is C12H18N2O6S. The maximum Gasteiger partial charge on any atom is 0.326 e. The van der Waals surface area contributed by atoms with Crippen molar-refractivity contribution in [1.29, 1.82) is 0 Å². The van der Waals surface area contributed by atoms with Gasteiger partial charge < -0.3 is 14.8 Å². The highest BCUT2D eigenvalue weighted by Gasteiger charge is 2.27. The second kappa shape index (κ2) is 6.27. The minimum atomic E-state index is -3.78. The zero-order valence-electron chi connectivity index (χ0n) is 12.2. The molecule has 118 valence electrons. The number of furan rings is 1. The van der Waals surface area contributed by atoms with E-state index in [0.717, 1.165) is 10.4 Å². The molecule has 2 N–H and O–H groups in total. The first-order valence-electron chi connectivity index (χ1n) is 6.13. The zero-order valence-corrected chi connectivity index (χ0v) is 13.0. The van der Waals surface area contributed by atoms with Gasteiger partial charge in [-0.2, -0.15) is 0 Å². The maximum atomic E-state index is 11.9. The Morgan fingerprint density at radius 1 is 1.29 bits per heavy atom. The molecule has 9 heteroatoms. The molecular weight excluding hydrogens is 300 g/mol. The quantitative estimate of drug-likeness (QED) is 0.782. The number of nitrogens with one attached hydrogen (secondary N) is 1. The van der Waals surface area contributed by atoms with Crippen molar-refractivity contribution in [3.63, 3.8) is 0 Å². The summed E-state index contributed by atoms with van der Waals surface area (Å²) in [6.07, 6.45) is 0. The van der Waals surface area contributed by atoms with Crippen molar-refractivity contribution >= 4 is 21.9 Å². The number of hydrogen-bond donors (Lipinski definition) is 2. The lowest BCUT2D eigenvalue weighted by Gasteiger charge is -2.16. The molecule has 0 radical (unpaired) electrons. The molecule has 0 aromatic carbocycles. The maximum absolute atomic E-state index is 11.9. The van der Waals surface area contributed by atoms with E-state index < -0.39 is 27.9 Å². The third kappa shape index (κ3) is 3.82. The number of carbonyl (C=O) groups excluding carboxylic acids is 1. The largest absolute Gasteiger partial charge is 0.480 e. The van der Waals surface area contributed by atoms with Crippen LogP contribution in [0, 0.1) is 5.92 Å². The number of hydrogen-bond acceptors (Lipinski definition) is 5. The first kappa shape index (κ1) is 17.2. The van der Waals surface area contributed by atoms with Gasteiger partial charge in [-0.25, -0.2) is 17.5 Å². The summed E-state index contributed by atoms with van der Waals surface area (Å²) in [7, 11) is -1.12. The number of carboxylic acids is 1. The molecule has 0 spiro atoms. The second-order valence-corrected chi connectivity index (χ2v) is 7.02. The fraction of sp³-hybridized carbons (Fsp3) is 0.500. The molecule has 0 bridgehead atoms. The lowest BCUT2D eigenvalue weighted by molar-refractivity contribution is -0.140. The summed E-state index contributed by atoms with van der Waals surface area (Å²) in [5.74, 6) is -2.55. The number of carboxylic acid groups (broad SMARTS) is 1. The van der Waals surface area contributed by atoms with Crippen LogP contribution >= 0.6 is 0 Å². The molecule has 21 heavy (non-hydrogen) atoms. The van der Waals surface area contributed by atoms with Crippen molar-refractivity contribution in [2.45, 2.75) is 25.0 Å². The van der Waals surface area contributed by atoms with E-state index in [1.807, 2.05) is 0 Å². The van der Waals surface area contributed by atoms with E-state index in [4.69, 9.17) is 9.52 Å². The van der Waals surface area contributed by atoms with Gasteiger partial charge in [0.05, 0.1) is 0 Å². The van der Waals surface area contributed by atoms with Gasteiger partial charge in [-0.1, -0.05) is 13.8 Å². The molecule has 1 heterocycles. The monoisotopic (exact) mass is 318 g/mol. The fourth-order valence-electron chi connectivity index (χ4n) is 1.49. The van der Waals surface area contributed by atoms with Crippen molar-refractivity contribution in [2.24, 2.45) is 5.92 Å². The van der Waals surface area contributed by atoms with Crippen LogP contribution in [0.4, 0.5) is 0 Å². The average Bonchev–Trinajstić information content (AvgIpc) is 2.84. The fourth-order valence-corrected chi connectivity index (χ4v) is 2.28. The first-order chi connectivity index (χ1) is 9.57. The van der Waals surface area contributed by atoms with Gasteiger partial charge in [-0.05, 0) is 18.1 Å². The van der Waals surface area contributed by atoms with E-state index in [1.54, 1.807) is 13.8 Å². The van der Waals surface area contributed by atoms with Crippen molar-refractivity contribution < 1.29 is 27.5 Å². The van der Waals surface area contributed by atoms with E-state index in [2.05, 4.69) is 5.32 Å². The predicted molar refractivity (Wildman–Crippen MR) is 73.3 cm³/mol. The zero-order chi connectivity index (χ0) is 16.4. The normalized spacial score (nSPS) is 13.4. The Balaban J connectivity index is 2.96. The van der Waals surface area contributed by atoms with Crippen molar-refractivity contribution in [3.8, 4) is 0 Å². The summed E-state index contributed by atoms with van der Waals surface area (Å²) in [6, 6.07) is 1.25. The summed E-state index contributed by atoms with van der Waals surface area (Å²) in [4.78, 5) is 22.9. The van der Waals surface area contributed by atoms with Crippen LogP contribution in [0.2, 0.25) is 0 Å². The highest BCUT2D eigenvalue weighted by molar-refractivity contribution is 7.88. The molecule has 1 rings (SSSR count). The van der Waals surface area contributed by atoms with E-state index >= 15 is 0 Å². The van der Waals surface area contributed by atoms with Gasteiger partial charge >= 0.3 is 5.97 Å². The minimum absolute atomic E-state index is 0.262.